The van der Waals surface area contributed by atoms with Gasteiger partial charge >= 0.3 is 0 Å². The molecular weight excluding hydrogens is 332 g/mol. The Hall–Kier alpha value is -2.42. The topological polar surface area (TPSA) is 103 Å². The number of aryl methyl sites for hydroxylation is 2. The van der Waals surface area contributed by atoms with Crippen molar-refractivity contribution < 1.29 is 17.9 Å². The fourth-order valence-electron chi connectivity index (χ4n) is 2.17. The Kier molecular flexibility index (Phi) is 5.55. The Morgan fingerprint density at radius 2 is 2.12 bits per heavy atom. The number of aromatic nitrogens is 3. The third-order valence-corrected chi connectivity index (χ3v) is 4.55. The van der Waals surface area contributed by atoms with Gasteiger partial charge in [-0.15, -0.1) is 0 Å². The van der Waals surface area contributed by atoms with Gasteiger partial charge in [-0.05, 0) is 31.5 Å². The number of carbonyl (C=O) groups excluding carboxylic acids is 1. The largest absolute Gasteiger partial charge is 0.477 e. The molecule has 0 atom stereocenters. The van der Waals surface area contributed by atoms with Crippen LogP contribution in [0.4, 0.5) is 0 Å². The van der Waals surface area contributed by atoms with E-state index in [1.807, 2.05) is 11.6 Å². The second-order valence-corrected chi connectivity index (χ2v) is 6.72. The SMILES string of the molecule is CCCc1cc(C(=O)NS(=O)(=O)c2cccnc2OCC)n(C)n1. The molecule has 0 saturated heterocycles. The molecule has 24 heavy (non-hydrogen) atoms. The van der Waals surface area contributed by atoms with Crippen molar-refractivity contribution in [3.05, 3.63) is 35.8 Å². The van der Waals surface area contributed by atoms with Crippen molar-refractivity contribution >= 4 is 15.9 Å². The predicted molar refractivity (Wildman–Crippen MR) is 87.3 cm³/mol. The van der Waals surface area contributed by atoms with Gasteiger partial charge in [-0.2, -0.15) is 5.10 Å². The number of carbonyl (C=O) groups is 1. The summed E-state index contributed by atoms with van der Waals surface area (Å²) in [5.41, 5.74) is 0.905. The molecule has 130 valence electrons. The van der Waals surface area contributed by atoms with Crippen LogP contribution in [0, 0.1) is 0 Å². The fraction of sp³-hybridized carbons (Fsp3) is 0.400. The van der Waals surface area contributed by atoms with E-state index in [2.05, 4.69) is 10.1 Å². The van der Waals surface area contributed by atoms with E-state index in [9.17, 15) is 13.2 Å². The third-order valence-electron chi connectivity index (χ3n) is 3.20. The number of ether oxygens (including phenoxy) is 1. The van der Waals surface area contributed by atoms with E-state index in [4.69, 9.17) is 4.74 Å². The van der Waals surface area contributed by atoms with Crippen LogP contribution < -0.4 is 9.46 Å². The molecule has 0 bridgehead atoms. The van der Waals surface area contributed by atoms with Gasteiger partial charge in [0.05, 0.1) is 12.3 Å². The summed E-state index contributed by atoms with van der Waals surface area (Å²) in [6.45, 7) is 3.97. The number of rotatable bonds is 7. The molecule has 0 aliphatic carbocycles. The lowest BCUT2D eigenvalue weighted by molar-refractivity contribution is 0.0972. The van der Waals surface area contributed by atoms with Crippen molar-refractivity contribution in [3.8, 4) is 5.88 Å². The summed E-state index contributed by atoms with van der Waals surface area (Å²) in [5, 5.41) is 4.20. The number of nitrogens with zero attached hydrogens (tertiary/aromatic N) is 3. The lowest BCUT2D eigenvalue weighted by Crippen LogP contribution is -2.32. The van der Waals surface area contributed by atoms with Crippen molar-refractivity contribution in [3.63, 3.8) is 0 Å². The fourth-order valence-corrected chi connectivity index (χ4v) is 3.23. The molecule has 2 aromatic rings. The number of hydrogen-bond acceptors (Lipinski definition) is 6. The molecule has 0 aromatic carbocycles. The molecule has 0 aliphatic heterocycles. The number of sulfonamides is 1. The highest BCUT2D eigenvalue weighted by molar-refractivity contribution is 7.90. The molecule has 0 saturated carbocycles. The molecule has 0 fully saturated rings. The van der Waals surface area contributed by atoms with Crippen molar-refractivity contribution in [2.75, 3.05) is 6.61 Å². The molecular formula is C15H20N4O4S. The van der Waals surface area contributed by atoms with Gasteiger partial charge < -0.3 is 4.74 Å². The molecule has 1 N–H and O–H groups in total. The second kappa shape index (κ2) is 7.43. The van der Waals surface area contributed by atoms with Gasteiger partial charge in [0.1, 0.15) is 10.6 Å². The Morgan fingerprint density at radius 1 is 1.38 bits per heavy atom. The summed E-state index contributed by atoms with van der Waals surface area (Å²) in [6.07, 6.45) is 3.01. The van der Waals surface area contributed by atoms with E-state index >= 15 is 0 Å². The first-order chi connectivity index (χ1) is 11.4. The summed E-state index contributed by atoms with van der Waals surface area (Å²) in [4.78, 5) is 16.0. The zero-order valence-electron chi connectivity index (χ0n) is 13.8. The molecule has 2 rings (SSSR count). The van der Waals surface area contributed by atoms with Crippen LogP contribution in [0.1, 0.15) is 36.5 Å². The molecule has 9 heteroatoms. The molecule has 2 aromatic heterocycles. The molecule has 0 unspecified atom stereocenters. The third kappa shape index (κ3) is 3.91. The number of pyridine rings is 1. The smallest absolute Gasteiger partial charge is 0.283 e. The lowest BCUT2D eigenvalue weighted by atomic mass is 10.2. The average Bonchev–Trinajstić information content (AvgIpc) is 2.89. The standard InChI is InChI=1S/C15H20N4O4S/c1-4-7-11-10-12(19(3)17-11)14(20)18-24(21,22)13-8-6-9-16-15(13)23-5-2/h6,8-10H,4-5,7H2,1-3H3,(H,18,20). The first-order valence-corrected chi connectivity index (χ1v) is 9.05. The maximum absolute atomic E-state index is 12.5. The minimum Gasteiger partial charge on any atom is -0.477 e. The second-order valence-electron chi connectivity index (χ2n) is 5.07. The molecule has 8 nitrogen and oxygen atoms in total. The van der Waals surface area contributed by atoms with Gasteiger partial charge in [-0.1, -0.05) is 13.3 Å². The molecule has 0 aliphatic rings. The van der Waals surface area contributed by atoms with Gasteiger partial charge in [0.25, 0.3) is 15.9 Å². The van der Waals surface area contributed by atoms with E-state index in [0.29, 0.717) is 6.42 Å². The molecule has 0 radical (unpaired) electrons. The van der Waals surface area contributed by atoms with Gasteiger partial charge in [0.2, 0.25) is 5.88 Å². The van der Waals surface area contributed by atoms with E-state index in [-0.39, 0.29) is 23.1 Å². The first kappa shape index (κ1) is 17.9. The van der Waals surface area contributed by atoms with Crippen LogP contribution in [0.15, 0.2) is 29.3 Å². The summed E-state index contributed by atoms with van der Waals surface area (Å²) in [6, 6.07) is 4.38. The van der Waals surface area contributed by atoms with Crippen LogP contribution in [-0.2, 0) is 23.5 Å². The van der Waals surface area contributed by atoms with Crippen LogP contribution in [-0.4, -0.2) is 35.7 Å². The van der Waals surface area contributed by atoms with E-state index in [0.717, 1.165) is 12.1 Å². The van der Waals surface area contributed by atoms with Gasteiger partial charge in [-0.25, -0.2) is 18.1 Å². The minimum atomic E-state index is -4.11. The zero-order chi connectivity index (χ0) is 17.7. The minimum absolute atomic E-state index is 0.0445. The summed E-state index contributed by atoms with van der Waals surface area (Å²) in [5.74, 6) is -0.796. The van der Waals surface area contributed by atoms with Crippen molar-refractivity contribution in [1.29, 1.82) is 0 Å². The maximum Gasteiger partial charge on any atom is 0.283 e. The highest BCUT2D eigenvalue weighted by atomic mass is 32.2. The van der Waals surface area contributed by atoms with E-state index in [1.165, 1.54) is 23.0 Å². The highest BCUT2D eigenvalue weighted by Crippen LogP contribution is 2.20. The Balaban J connectivity index is 2.28. The van der Waals surface area contributed by atoms with Gasteiger partial charge in [0.15, 0.2) is 0 Å². The van der Waals surface area contributed by atoms with E-state index < -0.39 is 15.9 Å². The van der Waals surface area contributed by atoms with Crippen LogP contribution in [0.25, 0.3) is 0 Å². The lowest BCUT2D eigenvalue weighted by Gasteiger charge is -2.10. The summed E-state index contributed by atoms with van der Waals surface area (Å²) < 4.78 is 33.6. The Morgan fingerprint density at radius 3 is 2.79 bits per heavy atom. The van der Waals surface area contributed by atoms with Crippen molar-refractivity contribution in [2.24, 2.45) is 7.05 Å². The quantitative estimate of drug-likeness (QED) is 0.805. The maximum atomic E-state index is 12.5. The average molecular weight is 352 g/mol. The van der Waals surface area contributed by atoms with Crippen LogP contribution >= 0.6 is 0 Å². The zero-order valence-corrected chi connectivity index (χ0v) is 14.6. The number of nitrogens with one attached hydrogen (secondary N) is 1. The molecule has 2 heterocycles. The van der Waals surface area contributed by atoms with Gasteiger partial charge in [-0.3, -0.25) is 9.48 Å². The number of hydrogen-bond donors (Lipinski definition) is 1. The summed E-state index contributed by atoms with van der Waals surface area (Å²) in [7, 11) is -2.51. The normalized spacial score (nSPS) is 11.3. The highest BCUT2D eigenvalue weighted by Gasteiger charge is 2.25. The monoisotopic (exact) mass is 352 g/mol. The van der Waals surface area contributed by atoms with Crippen molar-refractivity contribution in [2.45, 2.75) is 31.6 Å². The van der Waals surface area contributed by atoms with Crippen LogP contribution in [0.3, 0.4) is 0 Å². The predicted octanol–water partition coefficient (Wildman–Crippen LogP) is 1.28. The number of amides is 1. The van der Waals surface area contributed by atoms with Crippen molar-refractivity contribution in [1.82, 2.24) is 19.5 Å². The van der Waals surface area contributed by atoms with E-state index in [1.54, 1.807) is 20.0 Å². The Labute approximate surface area is 140 Å². The summed E-state index contributed by atoms with van der Waals surface area (Å²) >= 11 is 0. The Bertz CT molecular complexity index is 830. The van der Waals surface area contributed by atoms with Crippen LogP contribution in [0.2, 0.25) is 0 Å². The first-order valence-electron chi connectivity index (χ1n) is 7.57. The molecule has 1 amide bonds. The van der Waals surface area contributed by atoms with Crippen LogP contribution in [0.5, 0.6) is 5.88 Å². The van der Waals surface area contributed by atoms with Gasteiger partial charge in [0, 0.05) is 13.2 Å². The molecule has 0 spiro atoms.